The van der Waals surface area contributed by atoms with Gasteiger partial charge in [0, 0.05) is 17.2 Å². The van der Waals surface area contributed by atoms with Gasteiger partial charge in [0.1, 0.15) is 0 Å². The molecule has 2 N–H and O–H groups in total. The fourth-order valence-electron chi connectivity index (χ4n) is 1.46. The van der Waals surface area contributed by atoms with Gasteiger partial charge in [-0.1, -0.05) is 22.0 Å². The fraction of sp³-hybridized carbons (Fsp3) is 0.455. The van der Waals surface area contributed by atoms with Crippen molar-refractivity contribution in [2.75, 3.05) is 25.2 Å². The number of benzene rings is 1. The predicted molar refractivity (Wildman–Crippen MR) is 65.2 cm³/mol. The fourth-order valence-corrected chi connectivity index (χ4v) is 1.81. The third kappa shape index (κ3) is 2.93. The first kappa shape index (κ1) is 12.5. The lowest BCUT2D eigenvalue weighted by atomic mass is 10.1. The summed E-state index contributed by atoms with van der Waals surface area (Å²) in [6.07, 6.45) is 0. The Hall–Kier alpha value is -0.580. The first-order chi connectivity index (χ1) is 7.10. The molecule has 0 saturated heterocycles. The highest BCUT2D eigenvalue weighted by Crippen LogP contribution is 2.24. The first-order valence-corrected chi connectivity index (χ1v) is 5.60. The molecule has 1 aromatic carbocycles. The van der Waals surface area contributed by atoms with Crippen LogP contribution >= 0.6 is 15.9 Å². The molecule has 4 heteroatoms. The first-order valence-electron chi connectivity index (χ1n) is 4.80. The van der Waals surface area contributed by atoms with E-state index >= 15 is 0 Å². The number of halogens is 1. The van der Waals surface area contributed by atoms with Crippen molar-refractivity contribution in [2.24, 2.45) is 0 Å². The van der Waals surface area contributed by atoms with Crippen LogP contribution in [0, 0.1) is 6.92 Å². The molecule has 0 saturated carbocycles. The Balaban J connectivity index is 2.98. The van der Waals surface area contributed by atoms with Crippen molar-refractivity contribution in [3.05, 3.63) is 28.2 Å². The van der Waals surface area contributed by atoms with E-state index in [-0.39, 0.29) is 19.3 Å². The lowest BCUT2D eigenvalue weighted by molar-refractivity contribution is 0.190. The van der Waals surface area contributed by atoms with E-state index in [2.05, 4.69) is 15.9 Å². The van der Waals surface area contributed by atoms with E-state index in [1.54, 1.807) is 0 Å². The number of likely N-dealkylation sites (N-methyl/N-ethyl adjacent to an activating group) is 1. The molecule has 0 aliphatic carbocycles. The number of aliphatic hydroxyl groups excluding tert-OH is 2. The van der Waals surface area contributed by atoms with Gasteiger partial charge >= 0.3 is 0 Å². The number of hydrogen-bond donors (Lipinski definition) is 2. The zero-order valence-corrected chi connectivity index (χ0v) is 10.5. The number of rotatable bonds is 4. The molecule has 0 amide bonds. The molecular formula is C11H16BrNO2. The lowest BCUT2D eigenvalue weighted by Gasteiger charge is -2.28. The van der Waals surface area contributed by atoms with Crippen molar-refractivity contribution in [3.8, 4) is 0 Å². The van der Waals surface area contributed by atoms with Gasteiger partial charge < -0.3 is 15.1 Å². The topological polar surface area (TPSA) is 43.7 Å². The van der Waals surface area contributed by atoms with Gasteiger partial charge in [0.05, 0.1) is 19.3 Å². The molecule has 1 rings (SSSR count). The molecule has 0 fully saturated rings. The predicted octanol–water partition coefficient (Wildman–Crippen LogP) is 1.55. The Morgan fingerprint density at radius 3 is 2.47 bits per heavy atom. The van der Waals surface area contributed by atoms with E-state index < -0.39 is 0 Å². The maximum Gasteiger partial charge on any atom is 0.0748 e. The van der Waals surface area contributed by atoms with Crippen LogP contribution in [0.3, 0.4) is 0 Å². The van der Waals surface area contributed by atoms with Gasteiger partial charge in [-0.3, -0.25) is 0 Å². The van der Waals surface area contributed by atoms with Gasteiger partial charge in [0.15, 0.2) is 0 Å². The Bertz CT molecular complexity index is 326. The van der Waals surface area contributed by atoms with Gasteiger partial charge in [0.2, 0.25) is 0 Å². The van der Waals surface area contributed by atoms with E-state index in [0.717, 1.165) is 15.7 Å². The average molecular weight is 274 g/mol. The standard InChI is InChI=1S/C11H16BrNO2/c1-8-3-4-9(12)5-11(8)13(2)10(6-14)7-15/h3-5,10,14-15H,6-7H2,1-2H3. The summed E-state index contributed by atoms with van der Waals surface area (Å²) in [5.41, 5.74) is 2.13. The molecule has 0 aliphatic rings. The summed E-state index contributed by atoms with van der Waals surface area (Å²) < 4.78 is 0.990. The second-order valence-corrected chi connectivity index (χ2v) is 4.48. The summed E-state index contributed by atoms with van der Waals surface area (Å²) in [7, 11) is 1.87. The van der Waals surface area contributed by atoms with Crippen LogP contribution in [0.15, 0.2) is 22.7 Å². The maximum atomic E-state index is 9.10. The van der Waals surface area contributed by atoms with Crippen LogP contribution in [-0.2, 0) is 0 Å². The third-order valence-electron chi connectivity index (χ3n) is 2.52. The second-order valence-electron chi connectivity index (χ2n) is 3.56. The molecule has 0 bridgehead atoms. The average Bonchev–Trinajstić information content (AvgIpc) is 2.23. The van der Waals surface area contributed by atoms with Gasteiger partial charge in [-0.25, -0.2) is 0 Å². The van der Waals surface area contributed by atoms with E-state index in [4.69, 9.17) is 10.2 Å². The van der Waals surface area contributed by atoms with Gasteiger partial charge in [0.25, 0.3) is 0 Å². The summed E-state index contributed by atoms with van der Waals surface area (Å²) >= 11 is 3.41. The SMILES string of the molecule is Cc1ccc(Br)cc1N(C)C(CO)CO. The van der Waals surface area contributed by atoms with Crippen LogP contribution in [0.25, 0.3) is 0 Å². The molecule has 0 atom stereocenters. The second kappa shape index (κ2) is 5.49. The zero-order valence-electron chi connectivity index (χ0n) is 8.94. The van der Waals surface area contributed by atoms with E-state index in [1.165, 1.54) is 0 Å². The summed E-state index contributed by atoms with van der Waals surface area (Å²) in [6, 6.07) is 5.70. The Labute approximate surface area is 98.5 Å². The van der Waals surface area contributed by atoms with Crippen LogP contribution in [0.2, 0.25) is 0 Å². The summed E-state index contributed by atoms with van der Waals surface area (Å²) in [5, 5.41) is 18.2. The molecule has 0 radical (unpaired) electrons. The minimum atomic E-state index is -0.252. The minimum absolute atomic E-state index is 0.0566. The quantitative estimate of drug-likeness (QED) is 0.875. The van der Waals surface area contributed by atoms with E-state index in [9.17, 15) is 0 Å². The highest BCUT2D eigenvalue weighted by molar-refractivity contribution is 9.10. The number of nitrogens with zero attached hydrogens (tertiary/aromatic N) is 1. The smallest absolute Gasteiger partial charge is 0.0748 e. The summed E-state index contributed by atoms with van der Waals surface area (Å²) in [6.45, 7) is 1.89. The summed E-state index contributed by atoms with van der Waals surface area (Å²) in [4.78, 5) is 1.89. The van der Waals surface area contributed by atoms with E-state index in [1.807, 2.05) is 37.1 Å². The highest BCUT2D eigenvalue weighted by atomic mass is 79.9. The largest absolute Gasteiger partial charge is 0.394 e. The van der Waals surface area contributed by atoms with Crippen LogP contribution in [0.5, 0.6) is 0 Å². The third-order valence-corrected chi connectivity index (χ3v) is 3.01. The maximum absolute atomic E-state index is 9.10. The van der Waals surface area contributed by atoms with Crippen molar-refractivity contribution < 1.29 is 10.2 Å². The number of hydrogen-bond acceptors (Lipinski definition) is 3. The van der Waals surface area contributed by atoms with Crippen molar-refractivity contribution >= 4 is 21.6 Å². The van der Waals surface area contributed by atoms with Crippen molar-refractivity contribution in [1.82, 2.24) is 0 Å². The molecular weight excluding hydrogens is 258 g/mol. The van der Waals surface area contributed by atoms with Crippen LogP contribution in [-0.4, -0.2) is 36.5 Å². The number of aliphatic hydroxyl groups is 2. The Morgan fingerprint density at radius 2 is 1.93 bits per heavy atom. The number of aryl methyl sites for hydroxylation is 1. The summed E-state index contributed by atoms with van der Waals surface area (Å²) in [5.74, 6) is 0. The van der Waals surface area contributed by atoms with Crippen LogP contribution in [0.4, 0.5) is 5.69 Å². The minimum Gasteiger partial charge on any atom is -0.394 e. The van der Waals surface area contributed by atoms with Crippen molar-refractivity contribution in [1.29, 1.82) is 0 Å². The normalized spacial score (nSPS) is 10.8. The molecule has 0 aliphatic heterocycles. The molecule has 0 heterocycles. The van der Waals surface area contributed by atoms with E-state index in [0.29, 0.717) is 0 Å². The number of anilines is 1. The Kier molecular flexibility index (Phi) is 4.57. The molecule has 1 aromatic rings. The molecule has 15 heavy (non-hydrogen) atoms. The van der Waals surface area contributed by atoms with Gasteiger partial charge in [-0.05, 0) is 24.6 Å². The molecule has 0 aromatic heterocycles. The Morgan fingerprint density at radius 1 is 1.33 bits per heavy atom. The molecule has 84 valence electrons. The highest BCUT2D eigenvalue weighted by Gasteiger charge is 2.14. The molecule has 0 spiro atoms. The van der Waals surface area contributed by atoms with Crippen molar-refractivity contribution in [3.63, 3.8) is 0 Å². The monoisotopic (exact) mass is 273 g/mol. The van der Waals surface area contributed by atoms with Crippen molar-refractivity contribution in [2.45, 2.75) is 13.0 Å². The van der Waals surface area contributed by atoms with Crippen LogP contribution < -0.4 is 4.90 Å². The zero-order chi connectivity index (χ0) is 11.4. The van der Waals surface area contributed by atoms with Crippen LogP contribution in [0.1, 0.15) is 5.56 Å². The lowest BCUT2D eigenvalue weighted by Crippen LogP contribution is -2.38. The van der Waals surface area contributed by atoms with Gasteiger partial charge in [-0.2, -0.15) is 0 Å². The molecule has 0 unspecified atom stereocenters. The molecule has 3 nitrogen and oxygen atoms in total. The van der Waals surface area contributed by atoms with Gasteiger partial charge in [-0.15, -0.1) is 0 Å².